The van der Waals surface area contributed by atoms with Crippen molar-refractivity contribution >= 4 is 21.6 Å². The van der Waals surface area contributed by atoms with Crippen LogP contribution in [0.15, 0.2) is 18.2 Å². The Morgan fingerprint density at radius 3 is 2.78 bits per heavy atom. The van der Waals surface area contributed by atoms with E-state index in [4.69, 9.17) is 5.73 Å². The molecule has 0 bridgehead atoms. The van der Waals surface area contributed by atoms with E-state index in [0.717, 1.165) is 17.1 Å². The number of aromatic nitrogens is 1. The summed E-state index contributed by atoms with van der Waals surface area (Å²) in [5.41, 5.74) is 8.89. The monoisotopic (exact) mass is 260 g/mol. The number of hydrogen-bond acceptors (Lipinski definition) is 3. The zero-order valence-electron chi connectivity index (χ0n) is 10.9. The number of nitrogens with two attached hydrogens (primary N) is 1. The van der Waals surface area contributed by atoms with E-state index >= 15 is 0 Å². The molecule has 0 spiro atoms. The van der Waals surface area contributed by atoms with Crippen molar-refractivity contribution in [3.05, 3.63) is 28.8 Å². The van der Waals surface area contributed by atoms with Crippen molar-refractivity contribution in [2.45, 2.75) is 44.4 Å². The van der Waals surface area contributed by atoms with Gasteiger partial charge < -0.3 is 5.73 Å². The third kappa shape index (κ3) is 1.95. The van der Waals surface area contributed by atoms with Crippen LogP contribution in [0, 0.1) is 6.92 Å². The molecule has 18 heavy (non-hydrogen) atoms. The normalized spacial score (nSPS) is 19.2. The molecular formula is C15H20N2S. The van der Waals surface area contributed by atoms with E-state index in [1.165, 1.54) is 42.4 Å². The fourth-order valence-electron chi connectivity index (χ4n) is 3.21. The molecule has 3 rings (SSSR count). The van der Waals surface area contributed by atoms with Gasteiger partial charge in [-0.3, -0.25) is 0 Å². The summed E-state index contributed by atoms with van der Waals surface area (Å²) in [6.45, 7) is 2.85. The third-order valence-corrected chi connectivity index (χ3v) is 5.24. The van der Waals surface area contributed by atoms with Gasteiger partial charge in [0.2, 0.25) is 0 Å². The lowest BCUT2D eigenvalue weighted by molar-refractivity contribution is 0.301. The van der Waals surface area contributed by atoms with E-state index < -0.39 is 0 Å². The Kier molecular flexibility index (Phi) is 3.12. The first-order chi connectivity index (χ1) is 8.73. The van der Waals surface area contributed by atoms with E-state index in [2.05, 4.69) is 30.1 Å². The van der Waals surface area contributed by atoms with Crippen LogP contribution in [0.3, 0.4) is 0 Å². The lowest BCUT2D eigenvalue weighted by Gasteiger charge is -2.36. The predicted molar refractivity (Wildman–Crippen MR) is 78.2 cm³/mol. The molecule has 1 aromatic heterocycles. The van der Waals surface area contributed by atoms with Gasteiger partial charge in [-0.15, -0.1) is 11.3 Å². The molecule has 0 aliphatic heterocycles. The van der Waals surface area contributed by atoms with E-state index in [0.29, 0.717) is 0 Å². The summed E-state index contributed by atoms with van der Waals surface area (Å²) in [4.78, 5) is 4.54. The predicted octanol–water partition coefficient (Wildman–Crippen LogP) is 3.77. The quantitative estimate of drug-likeness (QED) is 0.892. The largest absolute Gasteiger partial charge is 0.330 e. The summed E-state index contributed by atoms with van der Waals surface area (Å²) in [6, 6.07) is 6.75. The van der Waals surface area contributed by atoms with Crippen molar-refractivity contribution in [2.24, 2.45) is 5.73 Å². The van der Waals surface area contributed by atoms with Crippen LogP contribution in [-0.4, -0.2) is 11.5 Å². The maximum absolute atomic E-state index is 6.11. The average molecular weight is 260 g/mol. The van der Waals surface area contributed by atoms with Gasteiger partial charge in [0.1, 0.15) is 0 Å². The van der Waals surface area contributed by atoms with Crippen LogP contribution in [0.5, 0.6) is 0 Å². The molecule has 2 aromatic rings. The van der Waals surface area contributed by atoms with E-state index in [1.54, 1.807) is 11.3 Å². The van der Waals surface area contributed by atoms with Crippen LogP contribution in [0.1, 0.15) is 42.7 Å². The number of aryl methyl sites for hydroxylation is 1. The minimum Gasteiger partial charge on any atom is -0.330 e. The minimum atomic E-state index is 0.227. The van der Waals surface area contributed by atoms with Crippen LogP contribution in [0.25, 0.3) is 10.2 Å². The standard InChI is InChI=1S/C15H20N2S/c1-11-17-13-6-5-12(9-14(13)18-11)15(10-16)7-3-2-4-8-15/h5-6,9H,2-4,7-8,10,16H2,1H3. The molecule has 1 aliphatic rings. The summed E-state index contributed by atoms with van der Waals surface area (Å²) in [7, 11) is 0. The highest BCUT2D eigenvalue weighted by Crippen LogP contribution is 2.40. The Bertz CT molecular complexity index is 553. The van der Waals surface area contributed by atoms with Crippen molar-refractivity contribution in [1.29, 1.82) is 0 Å². The molecule has 1 aromatic carbocycles. The van der Waals surface area contributed by atoms with Crippen molar-refractivity contribution < 1.29 is 0 Å². The number of benzene rings is 1. The highest BCUT2D eigenvalue weighted by molar-refractivity contribution is 7.18. The van der Waals surface area contributed by atoms with Gasteiger partial charge in [0.05, 0.1) is 15.2 Å². The van der Waals surface area contributed by atoms with Crippen LogP contribution in [0.4, 0.5) is 0 Å². The summed E-state index contributed by atoms with van der Waals surface area (Å²) < 4.78 is 1.31. The Morgan fingerprint density at radius 2 is 2.06 bits per heavy atom. The van der Waals surface area contributed by atoms with E-state index in [-0.39, 0.29) is 5.41 Å². The number of thiazole rings is 1. The Labute approximate surface area is 112 Å². The summed E-state index contributed by atoms with van der Waals surface area (Å²) in [6.07, 6.45) is 6.48. The zero-order valence-corrected chi connectivity index (χ0v) is 11.7. The molecule has 2 nitrogen and oxygen atoms in total. The molecule has 2 N–H and O–H groups in total. The maximum Gasteiger partial charge on any atom is 0.0907 e. The summed E-state index contributed by atoms with van der Waals surface area (Å²) in [5.74, 6) is 0. The Morgan fingerprint density at radius 1 is 1.28 bits per heavy atom. The first-order valence-corrected chi connectivity index (χ1v) is 7.63. The van der Waals surface area contributed by atoms with Gasteiger partial charge in [-0.2, -0.15) is 0 Å². The van der Waals surface area contributed by atoms with Gasteiger partial charge in [-0.1, -0.05) is 25.3 Å². The zero-order chi connectivity index (χ0) is 12.6. The van der Waals surface area contributed by atoms with Crippen LogP contribution >= 0.6 is 11.3 Å². The first kappa shape index (κ1) is 12.1. The number of nitrogens with zero attached hydrogens (tertiary/aromatic N) is 1. The molecular weight excluding hydrogens is 240 g/mol. The van der Waals surface area contributed by atoms with Crippen molar-refractivity contribution in [1.82, 2.24) is 4.98 Å². The lowest BCUT2D eigenvalue weighted by Crippen LogP contribution is -2.37. The third-order valence-electron chi connectivity index (χ3n) is 4.31. The second kappa shape index (κ2) is 4.63. The topological polar surface area (TPSA) is 38.9 Å². The molecule has 1 heterocycles. The van der Waals surface area contributed by atoms with E-state index in [1.807, 2.05) is 0 Å². The van der Waals surface area contributed by atoms with Gasteiger partial charge in [-0.25, -0.2) is 4.98 Å². The second-order valence-corrected chi connectivity index (χ2v) is 6.70. The smallest absolute Gasteiger partial charge is 0.0907 e. The number of rotatable bonds is 2. The van der Waals surface area contributed by atoms with Crippen molar-refractivity contribution in [3.63, 3.8) is 0 Å². The van der Waals surface area contributed by atoms with Crippen LogP contribution < -0.4 is 5.73 Å². The van der Waals surface area contributed by atoms with Crippen molar-refractivity contribution in [2.75, 3.05) is 6.54 Å². The first-order valence-electron chi connectivity index (χ1n) is 6.81. The molecule has 0 saturated heterocycles. The number of fused-ring (bicyclic) bond motifs is 1. The molecule has 0 atom stereocenters. The number of hydrogen-bond donors (Lipinski definition) is 1. The van der Waals surface area contributed by atoms with E-state index in [9.17, 15) is 0 Å². The van der Waals surface area contributed by atoms with Crippen LogP contribution in [0.2, 0.25) is 0 Å². The minimum absolute atomic E-state index is 0.227. The fraction of sp³-hybridized carbons (Fsp3) is 0.533. The highest BCUT2D eigenvalue weighted by atomic mass is 32.1. The van der Waals surface area contributed by atoms with Gasteiger partial charge in [-0.05, 0) is 37.5 Å². The summed E-state index contributed by atoms with van der Waals surface area (Å²) in [5, 5.41) is 1.15. The van der Waals surface area contributed by atoms with Crippen LogP contribution in [-0.2, 0) is 5.41 Å². The molecule has 0 amide bonds. The molecule has 1 fully saturated rings. The molecule has 0 radical (unpaired) electrons. The molecule has 0 unspecified atom stereocenters. The Balaban J connectivity index is 2.05. The highest BCUT2D eigenvalue weighted by Gasteiger charge is 2.32. The van der Waals surface area contributed by atoms with Gasteiger partial charge in [0.15, 0.2) is 0 Å². The van der Waals surface area contributed by atoms with Gasteiger partial charge >= 0.3 is 0 Å². The molecule has 96 valence electrons. The maximum atomic E-state index is 6.11. The fourth-order valence-corrected chi connectivity index (χ4v) is 4.08. The second-order valence-electron chi connectivity index (χ2n) is 5.46. The average Bonchev–Trinajstić information content (AvgIpc) is 2.78. The molecule has 3 heteroatoms. The van der Waals surface area contributed by atoms with Crippen molar-refractivity contribution in [3.8, 4) is 0 Å². The SMILES string of the molecule is Cc1nc2ccc(C3(CN)CCCCC3)cc2s1. The summed E-state index contributed by atoms with van der Waals surface area (Å²) >= 11 is 1.79. The molecule has 1 aliphatic carbocycles. The lowest BCUT2D eigenvalue weighted by atomic mass is 9.69. The van der Waals surface area contributed by atoms with Gasteiger partial charge in [0, 0.05) is 12.0 Å². The molecule has 1 saturated carbocycles. The van der Waals surface area contributed by atoms with Gasteiger partial charge in [0.25, 0.3) is 0 Å². The Hall–Kier alpha value is -0.930.